The van der Waals surface area contributed by atoms with Crippen molar-refractivity contribution in [2.75, 3.05) is 59.5 Å². The smallest absolute Gasteiger partial charge is 0.193 e. The van der Waals surface area contributed by atoms with Gasteiger partial charge in [0.25, 0.3) is 0 Å². The highest BCUT2D eigenvalue weighted by Gasteiger charge is 2.18. The van der Waals surface area contributed by atoms with Gasteiger partial charge in [-0.1, -0.05) is 13.8 Å². The van der Waals surface area contributed by atoms with Crippen LogP contribution in [-0.2, 0) is 4.74 Å². The van der Waals surface area contributed by atoms with Crippen LogP contribution < -0.4 is 5.32 Å². The molecule has 0 bridgehead atoms. The van der Waals surface area contributed by atoms with E-state index < -0.39 is 0 Å². The van der Waals surface area contributed by atoms with Gasteiger partial charge in [-0.05, 0) is 52.2 Å². The molecule has 24 heavy (non-hydrogen) atoms. The van der Waals surface area contributed by atoms with Gasteiger partial charge in [-0.25, -0.2) is 0 Å². The summed E-state index contributed by atoms with van der Waals surface area (Å²) in [6, 6.07) is 0. The van der Waals surface area contributed by atoms with Crippen molar-refractivity contribution in [3.05, 3.63) is 0 Å². The fourth-order valence-electron chi connectivity index (χ4n) is 3.12. The van der Waals surface area contributed by atoms with Crippen LogP contribution >= 0.6 is 24.0 Å². The lowest BCUT2D eigenvalue weighted by Gasteiger charge is -2.25. The van der Waals surface area contributed by atoms with E-state index in [1.54, 1.807) is 0 Å². The van der Waals surface area contributed by atoms with Crippen LogP contribution in [0.3, 0.4) is 0 Å². The summed E-state index contributed by atoms with van der Waals surface area (Å²) in [6.45, 7) is 14.9. The molecule has 1 saturated heterocycles. The van der Waals surface area contributed by atoms with E-state index in [2.05, 4.69) is 42.9 Å². The van der Waals surface area contributed by atoms with E-state index in [0.29, 0.717) is 5.92 Å². The molecule has 1 aliphatic rings. The number of hydrogen-bond acceptors (Lipinski definition) is 3. The standard InChI is InChI=1S/C18H38N4O.HI/c1-5-11-22(12-6-2)13-8-10-20-18(19-7-3)21(4)15-17-9-14-23-16-17;/h17H,5-16H2,1-4H3,(H,19,20);1H. The molecule has 0 spiro atoms. The number of nitrogens with zero attached hydrogens (tertiary/aromatic N) is 3. The summed E-state index contributed by atoms with van der Waals surface area (Å²) in [5, 5.41) is 3.42. The maximum atomic E-state index is 5.48. The van der Waals surface area contributed by atoms with Gasteiger partial charge < -0.3 is 19.9 Å². The molecule has 1 atom stereocenters. The summed E-state index contributed by atoms with van der Waals surface area (Å²) in [5.74, 6) is 1.69. The molecule has 0 aromatic carbocycles. The first-order valence-electron chi connectivity index (χ1n) is 9.50. The topological polar surface area (TPSA) is 40.1 Å². The van der Waals surface area contributed by atoms with Crippen LogP contribution in [0.4, 0.5) is 0 Å². The first-order chi connectivity index (χ1) is 11.2. The first-order valence-corrected chi connectivity index (χ1v) is 9.50. The number of nitrogens with one attached hydrogen (secondary N) is 1. The van der Waals surface area contributed by atoms with Crippen molar-refractivity contribution in [1.82, 2.24) is 15.1 Å². The molecule has 1 N–H and O–H groups in total. The third-order valence-corrected chi connectivity index (χ3v) is 4.23. The second-order valence-corrected chi connectivity index (χ2v) is 6.54. The number of rotatable bonds is 11. The van der Waals surface area contributed by atoms with E-state index in [1.807, 2.05) is 0 Å². The van der Waals surface area contributed by atoms with Gasteiger partial charge in [0.05, 0.1) is 6.61 Å². The van der Waals surface area contributed by atoms with Crippen LogP contribution in [0.15, 0.2) is 4.99 Å². The van der Waals surface area contributed by atoms with Crippen molar-refractivity contribution in [2.24, 2.45) is 10.9 Å². The van der Waals surface area contributed by atoms with Crippen LogP contribution in [0.2, 0.25) is 0 Å². The van der Waals surface area contributed by atoms with Crippen LogP contribution in [0, 0.1) is 5.92 Å². The second kappa shape index (κ2) is 15.2. The van der Waals surface area contributed by atoms with Crippen LogP contribution in [0.1, 0.15) is 46.5 Å². The van der Waals surface area contributed by atoms with E-state index in [-0.39, 0.29) is 24.0 Å². The number of guanidine groups is 1. The largest absolute Gasteiger partial charge is 0.381 e. The lowest BCUT2D eigenvalue weighted by Crippen LogP contribution is -2.41. The average Bonchev–Trinajstić information content (AvgIpc) is 3.03. The van der Waals surface area contributed by atoms with Crippen molar-refractivity contribution in [3.8, 4) is 0 Å². The minimum Gasteiger partial charge on any atom is -0.381 e. The van der Waals surface area contributed by atoms with Gasteiger partial charge in [-0.2, -0.15) is 0 Å². The summed E-state index contributed by atoms with van der Waals surface area (Å²) < 4.78 is 5.48. The Bertz CT molecular complexity index is 316. The number of aliphatic imine (C=N–C) groups is 1. The Morgan fingerprint density at radius 1 is 1.17 bits per heavy atom. The van der Waals surface area contributed by atoms with E-state index in [0.717, 1.165) is 51.8 Å². The highest BCUT2D eigenvalue weighted by Crippen LogP contribution is 2.13. The molecule has 1 rings (SSSR count). The Morgan fingerprint density at radius 2 is 1.88 bits per heavy atom. The maximum Gasteiger partial charge on any atom is 0.193 e. The fourth-order valence-corrected chi connectivity index (χ4v) is 3.12. The Labute approximate surface area is 166 Å². The SMILES string of the molecule is CCCN(CCC)CCCN=C(NCC)N(C)CC1CCOC1.I. The third kappa shape index (κ3) is 10.0. The molecule has 0 radical (unpaired) electrons. The predicted molar refractivity (Wildman–Crippen MR) is 115 cm³/mol. The van der Waals surface area contributed by atoms with Gasteiger partial charge in [0.1, 0.15) is 0 Å². The van der Waals surface area contributed by atoms with Crippen molar-refractivity contribution in [1.29, 1.82) is 0 Å². The van der Waals surface area contributed by atoms with Gasteiger partial charge >= 0.3 is 0 Å². The maximum absolute atomic E-state index is 5.48. The third-order valence-electron chi connectivity index (χ3n) is 4.23. The zero-order valence-electron chi connectivity index (χ0n) is 16.2. The molecule has 0 saturated carbocycles. The van der Waals surface area contributed by atoms with Gasteiger partial charge in [-0.15, -0.1) is 24.0 Å². The molecule has 144 valence electrons. The first kappa shape index (κ1) is 23.9. The number of halogens is 1. The van der Waals surface area contributed by atoms with Gasteiger partial charge in [0.15, 0.2) is 5.96 Å². The molecule has 0 aliphatic carbocycles. The predicted octanol–water partition coefficient (Wildman–Crippen LogP) is 3.05. The van der Waals surface area contributed by atoms with Crippen molar-refractivity contribution in [3.63, 3.8) is 0 Å². The molecule has 1 heterocycles. The summed E-state index contributed by atoms with van der Waals surface area (Å²) in [4.78, 5) is 9.63. The van der Waals surface area contributed by atoms with Crippen LogP contribution in [-0.4, -0.2) is 75.3 Å². The molecule has 1 aliphatic heterocycles. The van der Waals surface area contributed by atoms with Gasteiger partial charge in [0.2, 0.25) is 0 Å². The van der Waals surface area contributed by atoms with Crippen LogP contribution in [0.25, 0.3) is 0 Å². The molecular formula is C18H39IN4O. The Balaban J connectivity index is 0.00000529. The molecule has 0 aromatic rings. The Kier molecular flexibility index (Phi) is 15.1. The Morgan fingerprint density at radius 3 is 2.42 bits per heavy atom. The lowest BCUT2D eigenvalue weighted by atomic mass is 10.1. The van der Waals surface area contributed by atoms with E-state index in [9.17, 15) is 0 Å². The average molecular weight is 454 g/mol. The van der Waals surface area contributed by atoms with Crippen LogP contribution in [0.5, 0.6) is 0 Å². The highest BCUT2D eigenvalue weighted by molar-refractivity contribution is 14.0. The van der Waals surface area contributed by atoms with E-state index in [1.165, 1.54) is 32.4 Å². The summed E-state index contributed by atoms with van der Waals surface area (Å²) in [5.41, 5.74) is 0. The highest BCUT2D eigenvalue weighted by atomic mass is 127. The molecular weight excluding hydrogens is 415 g/mol. The molecule has 1 fully saturated rings. The fraction of sp³-hybridized carbons (Fsp3) is 0.944. The number of ether oxygens (including phenoxy) is 1. The van der Waals surface area contributed by atoms with E-state index >= 15 is 0 Å². The molecule has 0 amide bonds. The molecule has 1 unspecified atom stereocenters. The zero-order valence-corrected chi connectivity index (χ0v) is 18.6. The van der Waals surface area contributed by atoms with E-state index in [4.69, 9.17) is 9.73 Å². The summed E-state index contributed by atoms with van der Waals surface area (Å²) in [7, 11) is 2.14. The molecule has 5 nitrogen and oxygen atoms in total. The normalized spacial score (nSPS) is 17.9. The quantitative estimate of drug-likeness (QED) is 0.226. The van der Waals surface area contributed by atoms with Gasteiger partial charge in [0, 0.05) is 39.2 Å². The van der Waals surface area contributed by atoms with Crippen molar-refractivity contribution in [2.45, 2.75) is 46.5 Å². The minimum absolute atomic E-state index is 0. The summed E-state index contributed by atoms with van der Waals surface area (Å²) >= 11 is 0. The Hall–Kier alpha value is -0.0800. The van der Waals surface area contributed by atoms with Crippen molar-refractivity contribution < 1.29 is 4.74 Å². The zero-order chi connectivity index (χ0) is 16.9. The second-order valence-electron chi connectivity index (χ2n) is 6.54. The summed E-state index contributed by atoms with van der Waals surface area (Å²) in [6.07, 6.45) is 4.78. The van der Waals surface area contributed by atoms with Gasteiger partial charge in [-0.3, -0.25) is 4.99 Å². The lowest BCUT2D eigenvalue weighted by molar-refractivity contribution is 0.181. The molecule has 6 heteroatoms. The van der Waals surface area contributed by atoms with Crippen molar-refractivity contribution >= 4 is 29.9 Å². The monoisotopic (exact) mass is 454 g/mol. The molecule has 0 aromatic heterocycles. The number of hydrogen-bond donors (Lipinski definition) is 1. The minimum atomic E-state index is 0.